The van der Waals surface area contributed by atoms with E-state index in [-0.39, 0.29) is 12.6 Å². The van der Waals surface area contributed by atoms with Crippen LogP contribution in [0.25, 0.3) is 5.76 Å². The van der Waals surface area contributed by atoms with Crippen LogP contribution in [0.3, 0.4) is 0 Å². The van der Waals surface area contributed by atoms with Crippen molar-refractivity contribution in [3.63, 3.8) is 0 Å². The Morgan fingerprint density at radius 3 is 2.62 bits per heavy atom. The minimum absolute atomic E-state index is 0.00201. The number of hydrogen-bond donors (Lipinski definition) is 1. The average molecular weight is 340 g/mol. The summed E-state index contributed by atoms with van der Waals surface area (Å²) in [5, 5.41) is 21.3. The van der Waals surface area contributed by atoms with Crippen LogP contribution in [0.1, 0.15) is 25.3 Å². The molecule has 1 saturated carbocycles. The number of aliphatic hydroxyl groups excluding tert-OH is 1. The van der Waals surface area contributed by atoms with Gasteiger partial charge in [-0.3, -0.25) is 15.1 Å². The first-order chi connectivity index (χ1) is 11.3. The van der Waals surface area contributed by atoms with Crippen molar-refractivity contribution in [2.45, 2.75) is 25.8 Å². The molecule has 1 aliphatic carbocycles. The van der Waals surface area contributed by atoms with Crippen molar-refractivity contribution in [1.82, 2.24) is 0 Å². The van der Waals surface area contributed by atoms with Crippen LogP contribution in [0.2, 0.25) is 0 Å². The molecule has 0 radical (unpaired) electrons. The molecule has 24 heavy (non-hydrogen) atoms. The highest BCUT2D eigenvalue weighted by Gasteiger charge is 2.27. The first-order valence-electron chi connectivity index (χ1n) is 7.12. The van der Waals surface area contributed by atoms with Crippen molar-refractivity contribution in [3.8, 4) is 0 Å². The Bertz CT molecular complexity index is 742. The van der Waals surface area contributed by atoms with E-state index in [1.165, 1.54) is 6.92 Å². The molecule has 0 saturated heterocycles. The van der Waals surface area contributed by atoms with Crippen molar-refractivity contribution in [2.24, 2.45) is 4.99 Å². The van der Waals surface area contributed by atoms with E-state index in [0.29, 0.717) is 12.1 Å². The number of esters is 1. The molecule has 0 spiro atoms. The van der Waals surface area contributed by atoms with Gasteiger partial charge in [0.05, 0.1) is 29.2 Å². The van der Waals surface area contributed by atoms with Gasteiger partial charge in [-0.15, -0.1) is 0 Å². The number of halogens is 2. The molecular formula is C15H14F2N2O5. The largest absolute Gasteiger partial charge is 0.506 e. The number of ether oxygens (including phenoxy) is 1. The zero-order valence-corrected chi connectivity index (χ0v) is 12.7. The second-order valence-electron chi connectivity index (χ2n) is 5.03. The number of rotatable bonds is 6. The van der Waals surface area contributed by atoms with Gasteiger partial charge < -0.3 is 9.84 Å². The second kappa shape index (κ2) is 7.16. The summed E-state index contributed by atoms with van der Waals surface area (Å²) in [6.45, 7) is 1.53. The second-order valence-corrected chi connectivity index (χ2v) is 5.03. The first kappa shape index (κ1) is 17.5. The summed E-state index contributed by atoms with van der Waals surface area (Å²) >= 11 is 0. The molecule has 1 aliphatic rings. The van der Waals surface area contributed by atoms with Crippen LogP contribution in [-0.4, -0.2) is 34.9 Å². The molecule has 0 aromatic heterocycles. The van der Waals surface area contributed by atoms with E-state index >= 15 is 0 Å². The fourth-order valence-corrected chi connectivity index (χ4v) is 1.85. The van der Waals surface area contributed by atoms with E-state index in [1.807, 2.05) is 0 Å². The fourth-order valence-electron chi connectivity index (χ4n) is 1.85. The van der Waals surface area contributed by atoms with Gasteiger partial charge in [-0.25, -0.2) is 13.6 Å². The number of aliphatic hydroxyl groups is 1. The van der Waals surface area contributed by atoms with E-state index in [1.54, 1.807) is 0 Å². The molecule has 1 fully saturated rings. The lowest BCUT2D eigenvalue weighted by atomic mass is 10.1. The zero-order valence-electron chi connectivity index (χ0n) is 12.7. The molecule has 0 amide bonds. The first-order valence-corrected chi connectivity index (χ1v) is 7.12. The number of nitro groups is 1. The van der Waals surface area contributed by atoms with Gasteiger partial charge in [0.15, 0.2) is 11.6 Å². The van der Waals surface area contributed by atoms with Gasteiger partial charge in [-0.2, -0.15) is 0 Å². The normalized spacial score (nSPS) is 15.3. The monoisotopic (exact) mass is 340 g/mol. The van der Waals surface area contributed by atoms with Gasteiger partial charge >= 0.3 is 5.97 Å². The Morgan fingerprint density at radius 2 is 2.08 bits per heavy atom. The molecule has 1 aromatic rings. The number of aliphatic imine (C=N–C) groups is 1. The summed E-state index contributed by atoms with van der Waals surface area (Å²) in [4.78, 5) is 26.0. The number of carbonyl (C=O) groups excluding carboxylic acids is 1. The molecule has 0 bridgehead atoms. The molecule has 1 aromatic carbocycles. The van der Waals surface area contributed by atoms with E-state index in [4.69, 9.17) is 4.74 Å². The Hall–Kier alpha value is -2.84. The molecule has 0 atom stereocenters. The zero-order chi connectivity index (χ0) is 17.9. The van der Waals surface area contributed by atoms with Gasteiger partial charge in [0.25, 0.3) is 5.69 Å². The van der Waals surface area contributed by atoms with Gasteiger partial charge in [0.1, 0.15) is 11.3 Å². The summed E-state index contributed by atoms with van der Waals surface area (Å²) < 4.78 is 31.4. The summed E-state index contributed by atoms with van der Waals surface area (Å²) in [6, 6.07) is 0.788. The van der Waals surface area contributed by atoms with E-state index in [0.717, 1.165) is 19.1 Å². The summed E-state index contributed by atoms with van der Waals surface area (Å²) in [7, 11) is 0. The highest BCUT2D eigenvalue weighted by molar-refractivity contribution is 6.15. The number of carbonyl (C=O) groups is 1. The number of hydrogen-bond acceptors (Lipinski definition) is 6. The molecule has 128 valence electrons. The quantitative estimate of drug-likeness (QED) is 0.214. The van der Waals surface area contributed by atoms with E-state index in [2.05, 4.69) is 4.99 Å². The number of benzene rings is 1. The fraction of sp³-hybridized carbons (Fsp3) is 0.333. The Kier molecular flexibility index (Phi) is 5.22. The highest BCUT2D eigenvalue weighted by atomic mass is 19.2. The van der Waals surface area contributed by atoms with Crippen LogP contribution in [0.5, 0.6) is 0 Å². The predicted octanol–water partition coefficient (Wildman–Crippen LogP) is 2.94. The lowest BCUT2D eigenvalue weighted by Crippen LogP contribution is -2.12. The van der Waals surface area contributed by atoms with E-state index < -0.39 is 45.1 Å². The van der Waals surface area contributed by atoms with Crippen molar-refractivity contribution in [3.05, 3.63) is 45.0 Å². The third-order valence-corrected chi connectivity index (χ3v) is 3.20. The molecule has 0 unspecified atom stereocenters. The molecular weight excluding hydrogens is 326 g/mol. The van der Waals surface area contributed by atoms with Crippen LogP contribution in [0, 0.1) is 21.7 Å². The smallest absolute Gasteiger partial charge is 0.343 e. The SMILES string of the molecule is CCOC(=O)C(C=NC1CC1)=C(O)c1cc(F)c(F)cc1[N+](=O)[O-]. The summed E-state index contributed by atoms with van der Waals surface area (Å²) in [5.74, 6) is -4.71. The number of nitrogens with zero attached hydrogens (tertiary/aromatic N) is 2. The summed E-state index contributed by atoms with van der Waals surface area (Å²) in [6.07, 6.45) is 2.67. The molecule has 9 heteroatoms. The maximum absolute atomic E-state index is 13.4. The topological polar surface area (TPSA) is 102 Å². The molecule has 7 nitrogen and oxygen atoms in total. The Balaban J connectivity index is 2.58. The van der Waals surface area contributed by atoms with Gasteiger partial charge in [-0.1, -0.05) is 0 Å². The lowest BCUT2D eigenvalue weighted by Gasteiger charge is -2.08. The molecule has 0 aliphatic heterocycles. The van der Waals surface area contributed by atoms with Gasteiger partial charge in [0.2, 0.25) is 0 Å². The van der Waals surface area contributed by atoms with Crippen LogP contribution >= 0.6 is 0 Å². The minimum Gasteiger partial charge on any atom is -0.506 e. The standard InChI is InChI=1S/C15H14F2N2O5/c1-2-24-15(21)10(7-18-8-3-4-8)14(20)9-5-11(16)12(17)6-13(9)19(22)23/h5-8,20H,2-4H2,1H3. The van der Waals surface area contributed by atoms with Crippen molar-refractivity contribution >= 4 is 23.6 Å². The Morgan fingerprint density at radius 1 is 1.46 bits per heavy atom. The van der Waals surface area contributed by atoms with Crippen molar-refractivity contribution in [1.29, 1.82) is 0 Å². The van der Waals surface area contributed by atoms with Gasteiger partial charge in [-0.05, 0) is 25.8 Å². The minimum atomic E-state index is -1.44. The summed E-state index contributed by atoms with van der Waals surface area (Å²) in [5.41, 5.74) is -1.98. The molecule has 0 heterocycles. The predicted molar refractivity (Wildman–Crippen MR) is 80.7 cm³/mol. The van der Waals surface area contributed by atoms with Gasteiger partial charge in [0, 0.05) is 6.21 Å². The maximum atomic E-state index is 13.4. The molecule has 2 rings (SSSR count). The maximum Gasteiger partial charge on any atom is 0.343 e. The average Bonchev–Trinajstić information content (AvgIpc) is 3.33. The van der Waals surface area contributed by atoms with Crippen molar-refractivity contribution < 1.29 is 28.3 Å². The number of nitro benzene ring substituents is 1. The van der Waals surface area contributed by atoms with Crippen LogP contribution < -0.4 is 0 Å². The van der Waals surface area contributed by atoms with Crippen LogP contribution in [0.4, 0.5) is 14.5 Å². The van der Waals surface area contributed by atoms with Crippen LogP contribution in [0.15, 0.2) is 22.7 Å². The Labute approximate surface area is 135 Å². The third kappa shape index (κ3) is 3.92. The molecule has 1 N–H and O–H groups in total. The third-order valence-electron chi connectivity index (χ3n) is 3.20. The highest BCUT2D eigenvalue weighted by Crippen LogP contribution is 2.30. The lowest BCUT2D eigenvalue weighted by molar-refractivity contribution is -0.385. The van der Waals surface area contributed by atoms with Crippen molar-refractivity contribution in [2.75, 3.05) is 6.61 Å². The van der Waals surface area contributed by atoms with E-state index in [9.17, 15) is 28.8 Å². The van der Waals surface area contributed by atoms with Crippen LogP contribution in [-0.2, 0) is 9.53 Å².